The van der Waals surface area contributed by atoms with Gasteiger partial charge in [-0.25, -0.2) is 4.98 Å². The second kappa shape index (κ2) is 7.80. The molecule has 0 unspecified atom stereocenters. The number of amides is 1. The van der Waals surface area contributed by atoms with Gasteiger partial charge in [-0.1, -0.05) is 24.3 Å². The fourth-order valence-corrected chi connectivity index (χ4v) is 2.47. The van der Waals surface area contributed by atoms with Crippen LogP contribution in [0, 0.1) is 11.3 Å². The number of carbonyl (C=O) groups is 1. The van der Waals surface area contributed by atoms with Gasteiger partial charge in [0.15, 0.2) is 0 Å². The van der Waals surface area contributed by atoms with Crippen LogP contribution < -0.4 is 10.6 Å². The van der Waals surface area contributed by atoms with Gasteiger partial charge in [-0.3, -0.25) is 4.79 Å². The molecule has 0 atom stereocenters. The Morgan fingerprint density at radius 3 is 2.29 bits per heavy atom. The van der Waals surface area contributed by atoms with Gasteiger partial charge in [0.2, 0.25) is 0 Å². The van der Waals surface area contributed by atoms with Gasteiger partial charge < -0.3 is 10.6 Å². The summed E-state index contributed by atoms with van der Waals surface area (Å²) < 4.78 is 39.1. The quantitative estimate of drug-likeness (QED) is 0.668. The van der Waals surface area contributed by atoms with Crippen molar-refractivity contribution in [3.8, 4) is 6.07 Å². The van der Waals surface area contributed by atoms with Gasteiger partial charge in [0.25, 0.3) is 5.91 Å². The summed E-state index contributed by atoms with van der Waals surface area (Å²) in [5.74, 6) is -0.763. The minimum atomic E-state index is -4.58. The van der Waals surface area contributed by atoms with Crippen molar-refractivity contribution < 1.29 is 18.0 Å². The first-order chi connectivity index (χ1) is 13.4. The molecule has 3 aromatic rings. The molecule has 0 spiro atoms. The standard InChI is InChI=1S/C20H13F3N4O/c21-20(22,23)15-6-2-4-8-17(15)27-19(28)18-10-9-14(12-25-18)26-16-7-3-1-5-13(16)11-24/h1-10,12,26H,(H,27,28). The molecular formula is C20H13F3N4O. The van der Waals surface area contributed by atoms with Crippen LogP contribution in [0.2, 0.25) is 0 Å². The maximum absolute atomic E-state index is 13.0. The van der Waals surface area contributed by atoms with Crippen molar-refractivity contribution in [1.82, 2.24) is 4.98 Å². The molecule has 0 radical (unpaired) electrons. The van der Waals surface area contributed by atoms with Crippen LogP contribution in [0.15, 0.2) is 66.9 Å². The van der Waals surface area contributed by atoms with Gasteiger partial charge >= 0.3 is 6.18 Å². The number of nitrogens with one attached hydrogen (secondary N) is 2. The molecule has 3 rings (SSSR count). The lowest BCUT2D eigenvalue weighted by molar-refractivity contribution is -0.136. The van der Waals surface area contributed by atoms with Gasteiger partial charge in [0.05, 0.1) is 34.4 Å². The van der Waals surface area contributed by atoms with Crippen molar-refractivity contribution in [2.24, 2.45) is 0 Å². The summed E-state index contributed by atoms with van der Waals surface area (Å²) in [6.45, 7) is 0. The van der Waals surface area contributed by atoms with Crippen molar-refractivity contribution in [2.75, 3.05) is 10.6 Å². The summed E-state index contributed by atoms with van der Waals surface area (Å²) >= 11 is 0. The first kappa shape index (κ1) is 18.9. The van der Waals surface area contributed by atoms with Crippen LogP contribution in [-0.4, -0.2) is 10.9 Å². The summed E-state index contributed by atoms with van der Waals surface area (Å²) in [5.41, 5.74) is 0.212. The molecule has 1 amide bonds. The molecule has 0 aliphatic rings. The molecule has 0 saturated carbocycles. The number of para-hydroxylation sites is 2. The number of hydrogen-bond donors (Lipinski definition) is 2. The Hall–Kier alpha value is -3.86. The number of rotatable bonds is 4. The third kappa shape index (κ3) is 4.27. The molecule has 2 aromatic carbocycles. The number of aromatic nitrogens is 1. The summed E-state index contributed by atoms with van der Waals surface area (Å²) in [4.78, 5) is 16.2. The van der Waals surface area contributed by atoms with E-state index in [1.165, 1.54) is 30.5 Å². The lowest BCUT2D eigenvalue weighted by Crippen LogP contribution is -2.17. The summed E-state index contributed by atoms with van der Waals surface area (Å²) in [7, 11) is 0. The molecule has 5 nitrogen and oxygen atoms in total. The van der Waals surface area contributed by atoms with Crippen LogP contribution >= 0.6 is 0 Å². The highest BCUT2D eigenvalue weighted by atomic mass is 19.4. The molecule has 0 aliphatic heterocycles. The van der Waals surface area contributed by atoms with Crippen molar-refractivity contribution in [2.45, 2.75) is 6.18 Å². The third-order valence-electron chi connectivity index (χ3n) is 3.80. The van der Waals surface area contributed by atoms with Crippen LogP contribution in [0.4, 0.5) is 30.2 Å². The maximum atomic E-state index is 13.0. The number of pyridine rings is 1. The fourth-order valence-electron chi connectivity index (χ4n) is 2.47. The minimum absolute atomic E-state index is 0.0453. The highest BCUT2D eigenvalue weighted by Gasteiger charge is 2.33. The molecule has 28 heavy (non-hydrogen) atoms. The highest BCUT2D eigenvalue weighted by molar-refractivity contribution is 6.03. The molecule has 1 aromatic heterocycles. The topological polar surface area (TPSA) is 77.8 Å². The van der Waals surface area contributed by atoms with E-state index in [9.17, 15) is 18.0 Å². The number of nitrogens with zero attached hydrogens (tertiary/aromatic N) is 2. The molecule has 0 saturated heterocycles. The largest absolute Gasteiger partial charge is 0.418 e. The van der Waals surface area contributed by atoms with E-state index in [1.807, 2.05) is 0 Å². The van der Waals surface area contributed by atoms with E-state index in [0.717, 1.165) is 6.07 Å². The monoisotopic (exact) mass is 382 g/mol. The number of benzene rings is 2. The van der Waals surface area contributed by atoms with E-state index in [4.69, 9.17) is 5.26 Å². The van der Waals surface area contributed by atoms with Crippen LogP contribution in [0.25, 0.3) is 0 Å². The third-order valence-corrected chi connectivity index (χ3v) is 3.80. The van der Waals surface area contributed by atoms with E-state index in [0.29, 0.717) is 16.9 Å². The Kier molecular flexibility index (Phi) is 5.27. The van der Waals surface area contributed by atoms with Crippen molar-refractivity contribution in [3.63, 3.8) is 0 Å². The average molecular weight is 382 g/mol. The molecular weight excluding hydrogens is 369 g/mol. The molecule has 0 fully saturated rings. The number of nitriles is 1. The van der Waals surface area contributed by atoms with Gasteiger partial charge in [-0.2, -0.15) is 18.4 Å². The number of carbonyl (C=O) groups excluding carboxylic acids is 1. The van der Waals surface area contributed by atoms with Crippen molar-refractivity contribution in [3.05, 3.63) is 83.7 Å². The van der Waals surface area contributed by atoms with Gasteiger partial charge in [0.1, 0.15) is 11.8 Å². The lowest BCUT2D eigenvalue weighted by Gasteiger charge is -2.13. The van der Waals surface area contributed by atoms with Crippen LogP contribution in [0.1, 0.15) is 21.6 Å². The smallest absolute Gasteiger partial charge is 0.353 e. The summed E-state index contributed by atoms with van der Waals surface area (Å²) in [6, 6.07) is 16.5. The van der Waals surface area contributed by atoms with Crippen LogP contribution in [0.3, 0.4) is 0 Å². The molecule has 8 heteroatoms. The second-order valence-electron chi connectivity index (χ2n) is 5.71. The number of halogens is 3. The van der Waals surface area contributed by atoms with Gasteiger partial charge in [-0.15, -0.1) is 0 Å². The van der Waals surface area contributed by atoms with Crippen LogP contribution in [-0.2, 0) is 6.18 Å². The zero-order chi connectivity index (χ0) is 20.1. The highest BCUT2D eigenvalue weighted by Crippen LogP contribution is 2.34. The SMILES string of the molecule is N#Cc1ccccc1Nc1ccc(C(=O)Nc2ccccc2C(F)(F)F)nc1. The van der Waals surface area contributed by atoms with E-state index in [-0.39, 0.29) is 11.4 Å². The fraction of sp³-hybridized carbons (Fsp3) is 0.0500. The van der Waals surface area contributed by atoms with Crippen molar-refractivity contribution >= 4 is 23.0 Å². The van der Waals surface area contributed by atoms with E-state index >= 15 is 0 Å². The lowest BCUT2D eigenvalue weighted by atomic mass is 10.1. The zero-order valence-electron chi connectivity index (χ0n) is 14.3. The molecule has 2 N–H and O–H groups in total. The summed E-state index contributed by atoms with van der Waals surface area (Å²) in [6.07, 6.45) is -3.22. The molecule has 0 bridgehead atoms. The van der Waals surface area contributed by atoms with Crippen LogP contribution in [0.5, 0.6) is 0 Å². The van der Waals surface area contributed by atoms with E-state index in [2.05, 4.69) is 21.7 Å². The average Bonchev–Trinajstić information content (AvgIpc) is 2.68. The first-order valence-corrected chi connectivity index (χ1v) is 8.08. The predicted octanol–water partition coefficient (Wildman–Crippen LogP) is 4.97. The number of hydrogen-bond acceptors (Lipinski definition) is 4. The summed E-state index contributed by atoms with van der Waals surface area (Å²) in [5, 5.41) is 14.3. The van der Waals surface area contributed by atoms with E-state index in [1.54, 1.807) is 30.3 Å². The van der Waals surface area contributed by atoms with Gasteiger partial charge in [-0.05, 0) is 36.4 Å². The molecule has 0 aliphatic carbocycles. The molecule has 140 valence electrons. The number of alkyl halides is 3. The Morgan fingerprint density at radius 2 is 1.64 bits per heavy atom. The van der Waals surface area contributed by atoms with Gasteiger partial charge in [0, 0.05) is 0 Å². The zero-order valence-corrected chi connectivity index (χ0v) is 14.3. The predicted molar refractivity (Wildman–Crippen MR) is 98.1 cm³/mol. The van der Waals surface area contributed by atoms with E-state index < -0.39 is 17.6 Å². The Labute approximate surface area is 158 Å². The maximum Gasteiger partial charge on any atom is 0.418 e. The van der Waals surface area contributed by atoms with Crippen molar-refractivity contribution in [1.29, 1.82) is 5.26 Å². The minimum Gasteiger partial charge on any atom is -0.353 e. The molecule has 1 heterocycles. The Morgan fingerprint density at radius 1 is 0.964 bits per heavy atom. The first-order valence-electron chi connectivity index (χ1n) is 8.08. The Bertz CT molecular complexity index is 1040. The number of anilines is 3. The second-order valence-corrected chi connectivity index (χ2v) is 5.71. The Balaban J connectivity index is 1.76. The normalized spacial score (nSPS) is 10.8.